The summed E-state index contributed by atoms with van der Waals surface area (Å²) in [7, 11) is 0. The van der Waals surface area contributed by atoms with E-state index in [1.807, 2.05) is 0 Å². The van der Waals surface area contributed by atoms with Gasteiger partial charge in [-0.2, -0.15) is 0 Å². The van der Waals surface area contributed by atoms with Gasteiger partial charge in [0, 0.05) is 0 Å². The Hall–Kier alpha value is -0.0400. The molecule has 2 aliphatic rings. The third-order valence-corrected chi connectivity index (χ3v) is 4.33. The van der Waals surface area contributed by atoms with Crippen LogP contribution in [0, 0.1) is 17.8 Å². The summed E-state index contributed by atoms with van der Waals surface area (Å²) < 4.78 is 0. The monoisotopic (exact) mass is 182 g/mol. The molecule has 2 saturated carbocycles. The van der Waals surface area contributed by atoms with Gasteiger partial charge in [-0.15, -0.1) is 0 Å². The first-order valence-electron chi connectivity index (χ1n) is 6.01. The molecule has 0 aliphatic heterocycles. The highest BCUT2D eigenvalue weighted by molar-refractivity contribution is 4.89. The van der Waals surface area contributed by atoms with E-state index < -0.39 is 0 Å². The van der Waals surface area contributed by atoms with Crippen LogP contribution in [0.25, 0.3) is 0 Å². The van der Waals surface area contributed by atoms with Crippen LogP contribution in [0.3, 0.4) is 0 Å². The largest absolute Gasteiger partial charge is 0.393 e. The summed E-state index contributed by atoms with van der Waals surface area (Å²) in [5.41, 5.74) is 0. The quantitative estimate of drug-likeness (QED) is 0.661. The van der Waals surface area contributed by atoms with Crippen LogP contribution in [0.2, 0.25) is 0 Å². The van der Waals surface area contributed by atoms with Gasteiger partial charge in [-0.1, -0.05) is 26.2 Å². The van der Waals surface area contributed by atoms with Gasteiger partial charge in [0.05, 0.1) is 6.10 Å². The lowest BCUT2D eigenvalue weighted by Gasteiger charge is -2.44. The first-order valence-corrected chi connectivity index (χ1v) is 6.01. The highest BCUT2D eigenvalue weighted by Crippen LogP contribution is 2.44. The molecule has 0 aromatic carbocycles. The van der Waals surface area contributed by atoms with Gasteiger partial charge in [-0.25, -0.2) is 0 Å². The Bertz CT molecular complexity index is 167. The average Bonchev–Trinajstić information content (AvgIpc) is 2.19. The smallest absolute Gasteiger partial charge is 0.0571 e. The zero-order valence-electron chi connectivity index (χ0n) is 8.71. The molecular weight excluding hydrogens is 160 g/mol. The molecule has 1 heteroatoms. The van der Waals surface area contributed by atoms with E-state index in [-0.39, 0.29) is 6.10 Å². The fraction of sp³-hybridized carbons (Fsp3) is 1.00. The van der Waals surface area contributed by atoms with Crippen molar-refractivity contribution in [3.63, 3.8) is 0 Å². The summed E-state index contributed by atoms with van der Waals surface area (Å²) in [6.45, 7) is 2.31. The van der Waals surface area contributed by atoms with E-state index in [0.717, 1.165) is 18.3 Å². The van der Waals surface area contributed by atoms with Crippen LogP contribution in [0.15, 0.2) is 0 Å². The Kier molecular flexibility index (Phi) is 2.92. The molecule has 0 radical (unpaired) electrons. The zero-order chi connectivity index (χ0) is 9.26. The molecule has 0 aromatic rings. The minimum atomic E-state index is 0.0353. The van der Waals surface area contributed by atoms with Crippen molar-refractivity contribution in [2.24, 2.45) is 17.8 Å². The van der Waals surface area contributed by atoms with E-state index in [4.69, 9.17) is 0 Å². The SMILES string of the molecule is CCC1CCC(O)C2CCCCC12. The Morgan fingerprint density at radius 2 is 1.69 bits per heavy atom. The van der Waals surface area contributed by atoms with Gasteiger partial charge in [-0.3, -0.25) is 0 Å². The summed E-state index contributed by atoms with van der Waals surface area (Å²) in [5.74, 6) is 2.45. The summed E-state index contributed by atoms with van der Waals surface area (Å²) in [6.07, 6.45) is 9.15. The maximum atomic E-state index is 9.92. The fourth-order valence-corrected chi connectivity index (χ4v) is 3.57. The maximum absolute atomic E-state index is 9.92. The molecule has 13 heavy (non-hydrogen) atoms. The van der Waals surface area contributed by atoms with Crippen molar-refractivity contribution in [2.45, 2.75) is 58.0 Å². The molecule has 0 saturated heterocycles. The second kappa shape index (κ2) is 4.00. The van der Waals surface area contributed by atoms with Gasteiger partial charge in [-0.05, 0) is 43.4 Å². The Morgan fingerprint density at radius 3 is 2.38 bits per heavy atom. The van der Waals surface area contributed by atoms with Crippen molar-refractivity contribution in [1.82, 2.24) is 0 Å². The van der Waals surface area contributed by atoms with Crippen molar-refractivity contribution in [3.8, 4) is 0 Å². The summed E-state index contributed by atoms with van der Waals surface area (Å²) in [6, 6.07) is 0. The van der Waals surface area contributed by atoms with Crippen LogP contribution in [0.5, 0.6) is 0 Å². The normalized spacial score (nSPS) is 45.7. The van der Waals surface area contributed by atoms with Crippen LogP contribution in [-0.2, 0) is 0 Å². The highest BCUT2D eigenvalue weighted by atomic mass is 16.3. The zero-order valence-corrected chi connectivity index (χ0v) is 8.71. The Balaban J connectivity index is 2.05. The molecule has 76 valence electrons. The predicted molar refractivity (Wildman–Crippen MR) is 54.5 cm³/mol. The lowest BCUT2D eigenvalue weighted by Crippen LogP contribution is -2.39. The van der Waals surface area contributed by atoms with E-state index >= 15 is 0 Å². The van der Waals surface area contributed by atoms with E-state index in [0.29, 0.717) is 5.92 Å². The lowest BCUT2D eigenvalue weighted by atomic mass is 9.63. The average molecular weight is 182 g/mol. The van der Waals surface area contributed by atoms with Crippen molar-refractivity contribution in [1.29, 1.82) is 0 Å². The maximum Gasteiger partial charge on any atom is 0.0571 e. The molecule has 1 nitrogen and oxygen atoms in total. The second-order valence-corrected chi connectivity index (χ2v) is 4.93. The van der Waals surface area contributed by atoms with Crippen molar-refractivity contribution < 1.29 is 5.11 Å². The van der Waals surface area contributed by atoms with Gasteiger partial charge < -0.3 is 5.11 Å². The predicted octanol–water partition coefficient (Wildman–Crippen LogP) is 2.97. The molecule has 2 aliphatic carbocycles. The molecule has 1 N–H and O–H groups in total. The molecule has 4 unspecified atom stereocenters. The van der Waals surface area contributed by atoms with E-state index in [1.165, 1.54) is 38.5 Å². The first-order chi connectivity index (χ1) is 6.33. The van der Waals surface area contributed by atoms with Crippen molar-refractivity contribution in [3.05, 3.63) is 0 Å². The fourth-order valence-electron chi connectivity index (χ4n) is 3.57. The summed E-state index contributed by atoms with van der Waals surface area (Å²) in [4.78, 5) is 0. The number of rotatable bonds is 1. The minimum Gasteiger partial charge on any atom is -0.393 e. The van der Waals surface area contributed by atoms with Gasteiger partial charge in [0.25, 0.3) is 0 Å². The summed E-state index contributed by atoms with van der Waals surface area (Å²) >= 11 is 0. The number of hydrogen-bond donors (Lipinski definition) is 1. The van der Waals surface area contributed by atoms with Crippen LogP contribution in [0.1, 0.15) is 51.9 Å². The van der Waals surface area contributed by atoms with Gasteiger partial charge in [0.2, 0.25) is 0 Å². The van der Waals surface area contributed by atoms with Gasteiger partial charge in [0.1, 0.15) is 0 Å². The topological polar surface area (TPSA) is 20.2 Å². The molecule has 0 bridgehead atoms. The number of aliphatic hydroxyl groups is 1. The number of hydrogen-bond acceptors (Lipinski definition) is 1. The molecule has 0 heterocycles. The molecule has 0 spiro atoms. The van der Waals surface area contributed by atoms with E-state index in [1.54, 1.807) is 0 Å². The Labute approximate surface area is 81.5 Å². The minimum absolute atomic E-state index is 0.0353. The third-order valence-electron chi connectivity index (χ3n) is 4.33. The van der Waals surface area contributed by atoms with Crippen LogP contribution >= 0.6 is 0 Å². The van der Waals surface area contributed by atoms with E-state index in [9.17, 15) is 5.11 Å². The summed E-state index contributed by atoms with van der Waals surface area (Å²) in [5, 5.41) is 9.92. The highest BCUT2D eigenvalue weighted by Gasteiger charge is 2.38. The van der Waals surface area contributed by atoms with Crippen molar-refractivity contribution >= 4 is 0 Å². The lowest BCUT2D eigenvalue weighted by molar-refractivity contribution is -0.0211. The molecule has 2 fully saturated rings. The molecule has 4 atom stereocenters. The van der Waals surface area contributed by atoms with Gasteiger partial charge >= 0.3 is 0 Å². The number of aliphatic hydroxyl groups excluding tert-OH is 1. The van der Waals surface area contributed by atoms with Crippen LogP contribution in [-0.4, -0.2) is 11.2 Å². The third kappa shape index (κ3) is 1.76. The Morgan fingerprint density at radius 1 is 1.00 bits per heavy atom. The molecule has 0 aromatic heterocycles. The standard InChI is InChI=1S/C12H22O/c1-2-9-7-8-12(13)11-6-4-3-5-10(9)11/h9-13H,2-8H2,1H3. The van der Waals surface area contributed by atoms with E-state index in [2.05, 4.69) is 6.92 Å². The number of fused-ring (bicyclic) bond motifs is 1. The van der Waals surface area contributed by atoms with Crippen LogP contribution < -0.4 is 0 Å². The second-order valence-electron chi connectivity index (χ2n) is 4.93. The molecule has 2 rings (SSSR count). The van der Waals surface area contributed by atoms with Gasteiger partial charge in [0.15, 0.2) is 0 Å². The molecular formula is C12H22O. The first kappa shape index (κ1) is 9.51. The van der Waals surface area contributed by atoms with Crippen LogP contribution in [0.4, 0.5) is 0 Å². The van der Waals surface area contributed by atoms with Crippen molar-refractivity contribution in [2.75, 3.05) is 0 Å². The molecule has 0 amide bonds.